The number of pyridine rings is 1. The second kappa shape index (κ2) is 6.81. The molecule has 4 heteroatoms. The minimum absolute atomic E-state index is 0.169. The lowest BCUT2D eigenvalue weighted by Gasteiger charge is -2.19. The Labute approximate surface area is 108 Å². The largest absolute Gasteiger partial charge is 0.378 e. The fourth-order valence-corrected chi connectivity index (χ4v) is 2.48. The fraction of sp³-hybridized carbons (Fsp3) is 0.643. The molecule has 1 aliphatic heterocycles. The quantitative estimate of drug-likeness (QED) is 0.845. The van der Waals surface area contributed by atoms with Crippen molar-refractivity contribution in [3.05, 3.63) is 29.8 Å². The Hall–Kier alpha value is -1.00. The first-order valence-electron chi connectivity index (χ1n) is 6.75. The van der Waals surface area contributed by atoms with Gasteiger partial charge in [0.2, 0.25) is 0 Å². The molecule has 1 aromatic rings. The average molecular weight is 252 g/mol. The third-order valence-corrected chi connectivity index (χ3v) is 3.38. The van der Waals surface area contributed by atoms with Gasteiger partial charge in [0.25, 0.3) is 0 Å². The van der Waals surface area contributed by atoms with Crippen molar-refractivity contribution in [3.63, 3.8) is 0 Å². The van der Waals surface area contributed by atoms with Gasteiger partial charge in [0, 0.05) is 18.8 Å². The number of rotatable bonds is 6. The van der Waals surface area contributed by atoms with Gasteiger partial charge in [0.1, 0.15) is 5.82 Å². The van der Waals surface area contributed by atoms with Crippen molar-refractivity contribution < 1.29 is 9.13 Å². The van der Waals surface area contributed by atoms with Crippen molar-refractivity contribution in [1.82, 2.24) is 10.3 Å². The highest BCUT2D eigenvalue weighted by molar-refractivity contribution is 5.15. The van der Waals surface area contributed by atoms with Gasteiger partial charge in [-0.15, -0.1) is 0 Å². The van der Waals surface area contributed by atoms with E-state index in [-0.39, 0.29) is 11.9 Å². The van der Waals surface area contributed by atoms with Gasteiger partial charge in [0.05, 0.1) is 12.3 Å². The van der Waals surface area contributed by atoms with Crippen LogP contribution in [0, 0.1) is 5.82 Å². The molecule has 0 aromatic carbocycles. The van der Waals surface area contributed by atoms with Crippen LogP contribution in [0.2, 0.25) is 0 Å². The van der Waals surface area contributed by atoms with Crippen LogP contribution < -0.4 is 5.32 Å². The van der Waals surface area contributed by atoms with E-state index in [0.717, 1.165) is 44.4 Å². The SMILES string of the molecule is CCNC(CCC1CCCO1)c1cncc(F)c1. The maximum Gasteiger partial charge on any atom is 0.141 e. The molecule has 0 bridgehead atoms. The van der Waals surface area contributed by atoms with E-state index in [2.05, 4.69) is 17.2 Å². The molecule has 100 valence electrons. The van der Waals surface area contributed by atoms with Crippen LogP contribution in [0.25, 0.3) is 0 Å². The first-order valence-corrected chi connectivity index (χ1v) is 6.75. The molecule has 1 aliphatic rings. The summed E-state index contributed by atoms with van der Waals surface area (Å²) >= 11 is 0. The molecular weight excluding hydrogens is 231 g/mol. The molecule has 0 amide bonds. The second-order valence-electron chi connectivity index (χ2n) is 4.76. The zero-order chi connectivity index (χ0) is 12.8. The molecule has 3 nitrogen and oxygen atoms in total. The van der Waals surface area contributed by atoms with Crippen molar-refractivity contribution in [3.8, 4) is 0 Å². The van der Waals surface area contributed by atoms with Gasteiger partial charge in [-0.3, -0.25) is 4.98 Å². The molecule has 0 spiro atoms. The molecule has 0 saturated carbocycles. The van der Waals surface area contributed by atoms with E-state index in [9.17, 15) is 4.39 Å². The number of hydrogen-bond donors (Lipinski definition) is 1. The van der Waals surface area contributed by atoms with E-state index in [0.29, 0.717) is 6.10 Å². The summed E-state index contributed by atoms with van der Waals surface area (Å²) in [6.07, 6.45) is 7.67. The Morgan fingerprint density at radius 1 is 1.56 bits per heavy atom. The van der Waals surface area contributed by atoms with Gasteiger partial charge < -0.3 is 10.1 Å². The zero-order valence-electron chi connectivity index (χ0n) is 10.9. The highest BCUT2D eigenvalue weighted by Gasteiger charge is 2.18. The summed E-state index contributed by atoms with van der Waals surface area (Å²) < 4.78 is 18.8. The van der Waals surface area contributed by atoms with E-state index in [4.69, 9.17) is 4.74 Å². The van der Waals surface area contributed by atoms with E-state index < -0.39 is 0 Å². The molecule has 2 rings (SSSR count). The van der Waals surface area contributed by atoms with Crippen molar-refractivity contribution in [1.29, 1.82) is 0 Å². The van der Waals surface area contributed by atoms with Gasteiger partial charge in [-0.25, -0.2) is 4.39 Å². The van der Waals surface area contributed by atoms with E-state index >= 15 is 0 Å². The van der Waals surface area contributed by atoms with Crippen LogP contribution in [0.1, 0.15) is 44.2 Å². The molecular formula is C14H21FN2O. The van der Waals surface area contributed by atoms with Gasteiger partial charge in [-0.05, 0) is 43.9 Å². The van der Waals surface area contributed by atoms with E-state index in [1.54, 1.807) is 12.3 Å². The lowest BCUT2D eigenvalue weighted by molar-refractivity contribution is 0.0996. The summed E-state index contributed by atoms with van der Waals surface area (Å²) in [7, 11) is 0. The highest BCUT2D eigenvalue weighted by atomic mass is 19.1. The predicted molar refractivity (Wildman–Crippen MR) is 68.8 cm³/mol. The van der Waals surface area contributed by atoms with Gasteiger partial charge in [-0.1, -0.05) is 6.92 Å². The monoisotopic (exact) mass is 252 g/mol. The molecule has 2 atom stereocenters. The normalized spacial score (nSPS) is 21.1. The van der Waals surface area contributed by atoms with Crippen LogP contribution in [-0.4, -0.2) is 24.2 Å². The number of aromatic nitrogens is 1. The summed E-state index contributed by atoms with van der Waals surface area (Å²) in [6.45, 7) is 3.82. The van der Waals surface area contributed by atoms with Crippen LogP contribution in [0.5, 0.6) is 0 Å². The molecule has 2 unspecified atom stereocenters. The molecule has 0 radical (unpaired) electrons. The smallest absolute Gasteiger partial charge is 0.141 e. The van der Waals surface area contributed by atoms with E-state index in [1.807, 2.05) is 0 Å². The number of ether oxygens (including phenoxy) is 1. The molecule has 2 heterocycles. The Balaban J connectivity index is 1.94. The summed E-state index contributed by atoms with van der Waals surface area (Å²) in [5.74, 6) is -0.271. The topological polar surface area (TPSA) is 34.1 Å². The maximum absolute atomic E-state index is 13.2. The molecule has 1 aromatic heterocycles. The lowest BCUT2D eigenvalue weighted by Crippen LogP contribution is -2.22. The minimum atomic E-state index is -0.271. The predicted octanol–water partition coefficient (Wildman–Crippen LogP) is 2.83. The Morgan fingerprint density at radius 3 is 3.11 bits per heavy atom. The summed E-state index contributed by atoms with van der Waals surface area (Å²) in [5.41, 5.74) is 0.926. The van der Waals surface area contributed by atoms with Crippen LogP contribution in [0.3, 0.4) is 0 Å². The van der Waals surface area contributed by atoms with Gasteiger partial charge >= 0.3 is 0 Å². The third-order valence-electron chi connectivity index (χ3n) is 3.38. The Kier molecular flexibility index (Phi) is 5.08. The maximum atomic E-state index is 13.2. The van der Waals surface area contributed by atoms with Crippen molar-refractivity contribution in [2.24, 2.45) is 0 Å². The third kappa shape index (κ3) is 3.75. The van der Waals surface area contributed by atoms with Crippen molar-refractivity contribution in [2.45, 2.75) is 44.8 Å². The minimum Gasteiger partial charge on any atom is -0.378 e. The Bertz CT molecular complexity index is 367. The molecule has 1 saturated heterocycles. The number of nitrogens with one attached hydrogen (secondary N) is 1. The lowest BCUT2D eigenvalue weighted by atomic mass is 10.0. The van der Waals surface area contributed by atoms with Crippen molar-refractivity contribution in [2.75, 3.05) is 13.2 Å². The summed E-state index contributed by atoms with van der Waals surface area (Å²) in [5, 5.41) is 3.39. The van der Waals surface area contributed by atoms with Crippen LogP contribution in [0.15, 0.2) is 18.5 Å². The van der Waals surface area contributed by atoms with Gasteiger partial charge in [0.15, 0.2) is 0 Å². The van der Waals surface area contributed by atoms with Gasteiger partial charge in [-0.2, -0.15) is 0 Å². The van der Waals surface area contributed by atoms with Crippen LogP contribution in [0.4, 0.5) is 4.39 Å². The first kappa shape index (κ1) is 13.4. The second-order valence-corrected chi connectivity index (χ2v) is 4.76. The standard InChI is InChI=1S/C14H21FN2O/c1-2-17-14(6-5-13-4-3-7-18-13)11-8-12(15)10-16-9-11/h8-10,13-14,17H,2-7H2,1H3. The summed E-state index contributed by atoms with van der Waals surface area (Å²) in [6, 6.07) is 1.73. The molecule has 1 N–H and O–H groups in total. The average Bonchev–Trinajstić information content (AvgIpc) is 2.87. The highest BCUT2D eigenvalue weighted by Crippen LogP contribution is 2.24. The van der Waals surface area contributed by atoms with Crippen LogP contribution in [-0.2, 0) is 4.74 Å². The van der Waals surface area contributed by atoms with E-state index in [1.165, 1.54) is 6.20 Å². The molecule has 1 fully saturated rings. The molecule has 0 aliphatic carbocycles. The Morgan fingerprint density at radius 2 is 2.44 bits per heavy atom. The first-order chi connectivity index (χ1) is 8.79. The molecule has 18 heavy (non-hydrogen) atoms. The number of hydrogen-bond acceptors (Lipinski definition) is 3. The summed E-state index contributed by atoms with van der Waals surface area (Å²) in [4.78, 5) is 3.92. The fourth-order valence-electron chi connectivity index (χ4n) is 2.48. The van der Waals surface area contributed by atoms with Crippen molar-refractivity contribution >= 4 is 0 Å². The zero-order valence-corrected chi connectivity index (χ0v) is 10.9. The number of nitrogens with zero attached hydrogens (tertiary/aromatic N) is 1. The van der Waals surface area contributed by atoms with Crippen LogP contribution >= 0.6 is 0 Å². The number of halogens is 1.